The number of Topliss-reactive ketones (excluding diaryl/α,β-unsaturated/α-hetero) is 1. The Morgan fingerprint density at radius 2 is 1.43 bits per heavy atom. The molecule has 8 heteroatoms. The largest absolute Gasteiger partial charge is 0.496 e. The van der Waals surface area contributed by atoms with E-state index in [0.29, 0.717) is 28.6 Å². The maximum absolute atomic E-state index is 12.9. The van der Waals surface area contributed by atoms with E-state index in [9.17, 15) is 9.90 Å². The lowest BCUT2D eigenvalue weighted by atomic mass is 9.92. The van der Waals surface area contributed by atoms with Crippen molar-refractivity contribution in [3.63, 3.8) is 0 Å². The van der Waals surface area contributed by atoms with Crippen LogP contribution in [0.2, 0.25) is 0 Å². The monoisotopic (exact) mass is 390 g/mol. The smallest absolute Gasteiger partial charge is 0.203 e. The van der Waals surface area contributed by atoms with Crippen LogP contribution in [0.1, 0.15) is 22.0 Å². The van der Waals surface area contributed by atoms with Crippen molar-refractivity contribution in [1.29, 1.82) is 0 Å². The molecular weight excluding hydrogens is 368 g/mol. The fourth-order valence-corrected chi connectivity index (χ4v) is 3.18. The van der Waals surface area contributed by atoms with Gasteiger partial charge in [0.05, 0.1) is 35.5 Å². The van der Waals surface area contributed by atoms with E-state index >= 15 is 0 Å². The molecule has 2 atom stereocenters. The molecule has 1 unspecified atom stereocenters. The fourth-order valence-electron chi connectivity index (χ4n) is 3.18. The summed E-state index contributed by atoms with van der Waals surface area (Å²) < 4.78 is 32.5. The molecule has 28 heavy (non-hydrogen) atoms. The third-order valence-electron chi connectivity index (χ3n) is 4.57. The number of hydrogen-bond donors (Lipinski definition) is 1. The molecule has 3 rings (SSSR count). The summed E-state index contributed by atoms with van der Waals surface area (Å²) in [6, 6.07) is 6.40. The van der Waals surface area contributed by atoms with E-state index in [1.54, 1.807) is 24.3 Å². The van der Waals surface area contributed by atoms with Gasteiger partial charge in [-0.2, -0.15) is 0 Å². The number of ketones is 1. The van der Waals surface area contributed by atoms with E-state index in [-0.39, 0.29) is 17.1 Å². The summed E-state index contributed by atoms with van der Waals surface area (Å²) in [4.78, 5) is 12.9. The van der Waals surface area contributed by atoms with Crippen molar-refractivity contribution in [1.82, 2.24) is 0 Å². The average Bonchev–Trinajstić information content (AvgIpc) is 2.73. The minimum atomic E-state index is -1.45. The zero-order chi connectivity index (χ0) is 20.4. The second-order valence-electron chi connectivity index (χ2n) is 6.01. The maximum Gasteiger partial charge on any atom is 0.203 e. The molecule has 0 saturated carbocycles. The van der Waals surface area contributed by atoms with Gasteiger partial charge < -0.3 is 33.5 Å². The zero-order valence-electron chi connectivity index (χ0n) is 16.3. The number of ether oxygens (including phenoxy) is 6. The molecular formula is C20H22O8. The molecule has 0 spiro atoms. The number of aliphatic hydroxyl groups excluding tert-OH is 1. The SMILES string of the molecule is COc1cc(OC)c2c(c1)O[C@H](c1cc(OC)c(OC)c(OC)c1)C(O)C2=O. The molecule has 1 N–H and O–H groups in total. The zero-order valence-corrected chi connectivity index (χ0v) is 16.3. The van der Waals surface area contributed by atoms with Crippen LogP contribution >= 0.6 is 0 Å². The lowest BCUT2D eigenvalue weighted by Gasteiger charge is -2.31. The van der Waals surface area contributed by atoms with Crippen molar-refractivity contribution in [2.45, 2.75) is 12.2 Å². The molecule has 2 aromatic carbocycles. The van der Waals surface area contributed by atoms with Crippen LogP contribution in [0.3, 0.4) is 0 Å². The number of rotatable bonds is 6. The van der Waals surface area contributed by atoms with Crippen molar-refractivity contribution in [3.05, 3.63) is 35.4 Å². The Kier molecular flexibility index (Phi) is 5.51. The lowest BCUT2D eigenvalue weighted by Crippen LogP contribution is -2.36. The first-order chi connectivity index (χ1) is 13.5. The van der Waals surface area contributed by atoms with Crippen molar-refractivity contribution >= 4 is 5.78 Å². The third-order valence-corrected chi connectivity index (χ3v) is 4.57. The van der Waals surface area contributed by atoms with Gasteiger partial charge in [0.1, 0.15) is 22.8 Å². The van der Waals surface area contributed by atoms with Gasteiger partial charge in [-0.3, -0.25) is 4.79 Å². The summed E-state index contributed by atoms with van der Waals surface area (Å²) in [6.45, 7) is 0. The Balaban J connectivity index is 2.12. The number of hydrogen-bond acceptors (Lipinski definition) is 8. The van der Waals surface area contributed by atoms with Gasteiger partial charge in [0.2, 0.25) is 11.5 Å². The van der Waals surface area contributed by atoms with E-state index in [0.717, 1.165) is 0 Å². The van der Waals surface area contributed by atoms with Gasteiger partial charge in [0.25, 0.3) is 0 Å². The Morgan fingerprint density at radius 3 is 1.93 bits per heavy atom. The van der Waals surface area contributed by atoms with Crippen LogP contribution in [-0.2, 0) is 0 Å². The summed E-state index contributed by atoms with van der Waals surface area (Å²) in [5.74, 6) is 1.63. The molecule has 0 saturated heterocycles. The Morgan fingerprint density at radius 1 is 0.821 bits per heavy atom. The standard InChI is InChI=1S/C20H22O8/c1-23-11-8-12(24-2)16-13(9-11)28-19(18(22)17(16)21)10-6-14(25-3)20(27-5)15(7-10)26-4/h6-9,18-19,22H,1-5H3/t18?,19-/m1/s1. The number of methoxy groups -OCH3 is 5. The van der Waals surface area contributed by atoms with Crippen LogP contribution in [0, 0.1) is 0 Å². The topological polar surface area (TPSA) is 92.7 Å². The van der Waals surface area contributed by atoms with Gasteiger partial charge in [0.15, 0.2) is 23.7 Å². The van der Waals surface area contributed by atoms with Gasteiger partial charge in [-0.15, -0.1) is 0 Å². The number of benzene rings is 2. The Bertz CT molecular complexity index is 867. The van der Waals surface area contributed by atoms with Gasteiger partial charge in [0, 0.05) is 17.7 Å². The predicted molar refractivity (Wildman–Crippen MR) is 99.4 cm³/mol. The summed E-state index contributed by atoms with van der Waals surface area (Å²) in [6.07, 6.45) is -2.43. The summed E-state index contributed by atoms with van der Waals surface area (Å²) in [5, 5.41) is 10.7. The number of carbonyl (C=O) groups excluding carboxylic acids is 1. The highest BCUT2D eigenvalue weighted by Crippen LogP contribution is 2.45. The minimum absolute atomic E-state index is 0.166. The molecule has 1 heterocycles. The van der Waals surface area contributed by atoms with Crippen LogP contribution in [0.15, 0.2) is 24.3 Å². The van der Waals surface area contributed by atoms with E-state index in [1.807, 2.05) is 0 Å². The predicted octanol–water partition coefficient (Wildman–Crippen LogP) is 2.41. The number of aliphatic hydroxyl groups is 1. The van der Waals surface area contributed by atoms with Crippen LogP contribution < -0.4 is 28.4 Å². The molecule has 0 radical (unpaired) electrons. The van der Waals surface area contributed by atoms with Crippen molar-refractivity contribution < 1.29 is 38.3 Å². The second kappa shape index (κ2) is 7.85. The number of carbonyl (C=O) groups is 1. The molecule has 0 amide bonds. The second-order valence-corrected chi connectivity index (χ2v) is 6.01. The number of fused-ring (bicyclic) bond motifs is 1. The highest BCUT2D eigenvalue weighted by molar-refractivity contribution is 6.05. The summed E-state index contributed by atoms with van der Waals surface area (Å²) in [7, 11) is 7.38. The quantitative estimate of drug-likeness (QED) is 0.804. The molecule has 0 fully saturated rings. The van der Waals surface area contributed by atoms with Gasteiger partial charge >= 0.3 is 0 Å². The molecule has 0 aromatic heterocycles. The van der Waals surface area contributed by atoms with E-state index in [2.05, 4.69) is 0 Å². The highest BCUT2D eigenvalue weighted by Gasteiger charge is 2.40. The highest BCUT2D eigenvalue weighted by atomic mass is 16.5. The van der Waals surface area contributed by atoms with Crippen LogP contribution in [0.25, 0.3) is 0 Å². The lowest BCUT2D eigenvalue weighted by molar-refractivity contribution is 0.0209. The van der Waals surface area contributed by atoms with Crippen LogP contribution in [0.4, 0.5) is 0 Å². The molecule has 150 valence electrons. The van der Waals surface area contributed by atoms with E-state index in [4.69, 9.17) is 28.4 Å². The van der Waals surface area contributed by atoms with Crippen LogP contribution in [-0.4, -0.2) is 52.5 Å². The average molecular weight is 390 g/mol. The molecule has 1 aliphatic rings. The van der Waals surface area contributed by atoms with Crippen molar-refractivity contribution in [2.75, 3.05) is 35.5 Å². The minimum Gasteiger partial charge on any atom is -0.496 e. The third kappa shape index (κ3) is 3.16. The molecule has 1 aliphatic heterocycles. The normalized spacial score (nSPS) is 18.0. The Hall–Kier alpha value is -3.13. The van der Waals surface area contributed by atoms with Gasteiger partial charge in [-0.1, -0.05) is 0 Å². The van der Waals surface area contributed by atoms with E-state index < -0.39 is 18.0 Å². The van der Waals surface area contributed by atoms with E-state index in [1.165, 1.54) is 35.5 Å². The molecule has 2 aromatic rings. The molecule has 8 nitrogen and oxygen atoms in total. The van der Waals surface area contributed by atoms with Crippen LogP contribution in [0.5, 0.6) is 34.5 Å². The van der Waals surface area contributed by atoms with Gasteiger partial charge in [-0.05, 0) is 12.1 Å². The molecule has 0 bridgehead atoms. The Labute approximate surface area is 162 Å². The fraction of sp³-hybridized carbons (Fsp3) is 0.350. The molecule has 0 aliphatic carbocycles. The first-order valence-corrected chi connectivity index (χ1v) is 8.43. The van der Waals surface area contributed by atoms with Crippen molar-refractivity contribution in [2.24, 2.45) is 0 Å². The van der Waals surface area contributed by atoms with Crippen molar-refractivity contribution in [3.8, 4) is 34.5 Å². The first kappa shape index (κ1) is 19.6. The van der Waals surface area contributed by atoms with Gasteiger partial charge in [-0.25, -0.2) is 0 Å². The summed E-state index contributed by atoms with van der Waals surface area (Å²) >= 11 is 0. The maximum atomic E-state index is 12.9. The first-order valence-electron chi connectivity index (χ1n) is 8.43. The summed E-state index contributed by atoms with van der Waals surface area (Å²) in [5.41, 5.74) is 0.655.